The largest absolute Gasteiger partial charge is 0.330 e. The first-order chi connectivity index (χ1) is 15.9. The van der Waals surface area contributed by atoms with E-state index < -0.39 is 47.9 Å². The van der Waals surface area contributed by atoms with Crippen molar-refractivity contribution < 1.29 is 14.4 Å². The SMILES string of the molecule is [2H]c1c([2H])c(C([2H])([2H])[2H])c([2H])c([2H])c1C(=O)Cc1cc2nc(-c3cnc(C)n3C)ccc2cn1. The molecule has 0 unspecified atom stereocenters. The zero-order chi connectivity index (χ0) is 24.9. The van der Waals surface area contributed by atoms with Gasteiger partial charge >= 0.3 is 0 Å². The number of aryl methyl sites for hydroxylation is 1. The molecule has 4 rings (SSSR count). The number of carbonyl (C=O) groups is 1. The van der Waals surface area contributed by atoms with Crippen molar-refractivity contribution in [3.05, 3.63) is 77.4 Å². The van der Waals surface area contributed by atoms with Gasteiger partial charge in [-0.15, -0.1) is 0 Å². The minimum atomic E-state index is -2.84. The second-order valence-corrected chi connectivity index (χ2v) is 6.16. The van der Waals surface area contributed by atoms with E-state index in [1.54, 1.807) is 18.5 Å². The third-order valence-corrected chi connectivity index (χ3v) is 4.36. The van der Waals surface area contributed by atoms with Crippen molar-refractivity contribution in [1.29, 1.82) is 0 Å². The van der Waals surface area contributed by atoms with Crippen LogP contribution < -0.4 is 0 Å². The van der Waals surface area contributed by atoms with Gasteiger partial charge in [0, 0.05) is 28.3 Å². The number of hydrogen-bond acceptors (Lipinski definition) is 4. The maximum atomic E-state index is 13.0. The Hall–Kier alpha value is -3.34. The normalized spacial score (nSPS) is 15.3. The molecule has 0 aliphatic carbocycles. The third kappa shape index (κ3) is 3.36. The average Bonchev–Trinajstić information content (AvgIpc) is 3.09. The Kier molecular flexibility index (Phi) is 2.68. The van der Waals surface area contributed by atoms with E-state index in [9.17, 15) is 4.79 Å². The number of imidazole rings is 1. The molecule has 0 saturated carbocycles. The highest BCUT2D eigenvalue weighted by Gasteiger charge is 2.11. The molecule has 0 aliphatic rings. The Bertz CT molecular complexity index is 1430. The lowest BCUT2D eigenvalue weighted by Gasteiger charge is -2.06. The summed E-state index contributed by atoms with van der Waals surface area (Å²) in [6, 6.07) is 2.50. The molecule has 0 saturated heterocycles. The predicted octanol–water partition coefficient (Wildman–Crippen LogP) is 4.07. The van der Waals surface area contributed by atoms with Gasteiger partial charge in [0.05, 0.1) is 40.7 Å². The van der Waals surface area contributed by atoms with Gasteiger partial charge in [0.15, 0.2) is 5.78 Å². The zero-order valence-corrected chi connectivity index (χ0v) is 14.8. The molecule has 0 amide bonds. The van der Waals surface area contributed by atoms with E-state index in [-0.39, 0.29) is 6.42 Å². The molecule has 3 heterocycles. The first-order valence-corrected chi connectivity index (χ1v) is 8.28. The number of Topliss-reactive ketones (excluding diaryl/α,β-unsaturated/α-hetero) is 1. The van der Waals surface area contributed by atoms with Crippen LogP contribution in [0.5, 0.6) is 0 Å². The molecule has 0 fully saturated rings. The minimum absolute atomic E-state index is 0.295. The fraction of sp³-hybridized carbons (Fsp3) is 0.182. The number of carbonyl (C=O) groups excluding carboxylic acids is 1. The summed E-state index contributed by atoms with van der Waals surface area (Å²) in [5.41, 5.74) is 1.28. The average molecular weight is 363 g/mol. The van der Waals surface area contributed by atoms with E-state index >= 15 is 0 Å². The van der Waals surface area contributed by atoms with Crippen molar-refractivity contribution in [2.75, 3.05) is 0 Å². The molecule has 5 heteroatoms. The van der Waals surface area contributed by atoms with E-state index in [1.807, 2.05) is 30.7 Å². The molecule has 0 N–H and O–H groups in total. The number of benzene rings is 1. The molecule has 27 heavy (non-hydrogen) atoms. The second-order valence-electron chi connectivity index (χ2n) is 6.16. The third-order valence-electron chi connectivity index (χ3n) is 4.36. The smallest absolute Gasteiger partial charge is 0.168 e. The quantitative estimate of drug-likeness (QED) is 0.513. The van der Waals surface area contributed by atoms with Crippen LogP contribution in [0.15, 0.2) is 54.8 Å². The Morgan fingerprint density at radius 2 is 2.00 bits per heavy atom. The van der Waals surface area contributed by atoms with Crippen LogP contribution in [0.2, 0.25) is 0 Å². The number of nitrogens with zero attached hydrogens (tertiary/aromatic N) is 4. The lowest BCUT2D eigenvalue weighted by Crippen LogP contribution is -2.05. The first kappa shape index (κ1) is 10.7. The summed E-state index contributed by atoms with van der Waals surface area (Å²) in [7, 11) is 1.88. The van der Waals surface area contributed by atoms with Gasteiger partial charge in [0.2, 0.25) is 0 Å². The Morgan fingerprint density at radius 1 is 1.19 bits per heavy atom. The molecule has 0 bridgehead atoms. The van der Waals surface area contributed by atoms with Crippen molar-refractivity contribution in [2.24, 2.45) is 7.05 Å². The number of rotatable bonds is 4. The van der Waals surface area contributed by atoms with Crippen LogP contribution in [-0.2, 0) is 13.5 Å². The molecule has 4 aromatic rings. The molecular weight excluding hydrogens is 336 g/mol. The Morgan fingerprint density at radius 3 is 2.70 bits per heavy atom. The molecule has 0 spiro atoms. The zero-order valence-electron chi connectivity index (χ0n) is 21.8. The van der Waals surface area contributed by atoms with Crippen LogP contribution >= 0.6 is 0 Å². The van der Waals surface area contributed by atoms with Crippen LogP contribution in [-0.4, -0.2) is 25.3 Å². The van der Waals surface area contributed by atoms with Gasteiger partial charge in [-0.05, 0) is 32.0 Å². The first-order valence-electron chi connectivity index (χ1n) is 11.8. The maximum Gasteiger partial charge on any atom is 0.168 e. The molecule has 5 nitrogen and oxygen atoms in total. The van der Waals surface area contributed by atoms with Crippen LogP contribution in [0.3, 0.4) is 0 Å². The van der Waals surface area contributed by atoms with Gasteiger partial charge in [-0.2, -0.15) is 0 Å². The van der Waals surface area contributed by atoms with Gasteiger partial charge in [-0.1, -0.05) is 29.7 Å². The minimum Gasteiger partial charge on any atom is -0.330 e. The number of ketones is 1. The topological polar surface area (TPSA) is 60.7 Å². The molecule has 134 valence electrons. The summed E-state index contributed by atoms with van der Waals surface area (Å²) < 4.78 is 56.6. The predicted molar refractivity (Wildman–Crippen MR) is 106 cm³/mol. The van der Waals surface area contributed by atoms with Crippen LogP contribution in [0.25, 0.3) is 22.3 Å². The molecule has 0 atom stereocenters. The maximum absolute atomic E-state index is 13.0. The van der Waals surface area contributed by atoms with Crippen molar-refractivity contribution in [1.82, 2.24) is 19.5 Å². The number of fused-ring (bicyclic) bond motifs is 1. The molecule has 1 aromatic carbocycles. The van der Waals surface area contributed by atoms with Gasteiger partial charge in [-0.25, -0.2) is 9.97 Å². The highest BCUT2D eigenvalue weighted by atomic mass is 16.1. The fourth-order valence-electron chi connectivity index (χ4n) is 2.74. The van der Waals surface area contributed by atoms with Crippen molar-refractivity contribution >= 4 is 16.7 Å². The second kappa shape index (κ2) is 6.76. The number of pyridine rings is 2. The Balaban J connectivity index is 1.72. The van der Waals surface area contributed by atoms with Gasteiger partial charge in [0.25, 0.3) is 0 Å². The van der Waals surface area contributed by atoms with Crippen LogP contribution in [0.1, 0.15) is 37.0 Å². The summed E-state index contributed by atoms with van der Waals surface area (Å²) in [4.78, 5) is 26.2. The van der Waals surface area contributed by atoms with Crippen LogP contribution in [0.4, 0.5) is 0 Å². The summed E-state index contributed by atoms with van der Waals surface area (Å²) >= 11 is 0. The van der Waals surface area contributed by atoms with Crippen molar-refractivity contribution in [3.8, 4) is 11.4 Å². The Labute approximate surface area is 167 Å². The van der Waals surface area contributed by atoms with Crippen molar-refractivity contribution in [2.45, 2.75) is 20.2 Å². The van der Waals surface area contributed by atoms with E-state index in [2.05, 4.69) is 15.0 Å². The summed E-state index contributed by atoms with van der Waals surface area (Å²) in [6.07, 6.45) is 2.99. The molecule has 0 aliphatic heterocycles. The lowest BCUT2D eigenvalue weighted by atomic mass is 10.0. The standard InChI is InChI=1S/C22H20N4O/c1-14-4-6-16(7-5-14)22(27)11-18-10-20-17(12-24-18)8-9-19(25-20)21-13-23-15(2)26(21)3/h4-10,12-13H,11H2,1-3H3/i1D3,4D,5D,6D,7D. The highest BCUT2D eigenvalue weighted by Crippen LogP contribution is 2.22. The van der Waals surface area contributed by atoms with E-state index in [0.717, 1.165) is 16.9 Å². The summed E-state index contributed by atoms with van der Waals surface area (Å²) in [5.74, 6) is 0.140. The van der Waals surface area contributed by atoms with Gasteiger partial charge in [0.1, 0.15) is 5.82 Å². The molecular formula is C22H20N4O. The summed E-state index contributed by atoms with van der Waals surface area (Å²) in [5, 5.41) is 0.755. The molecule has 3 aromatic heterocycles. The van der Waals surface area contributed by atoms with Crippen LogP contribution in [0, 0.1) is 13.8 Å². The van der Waals surface area contributed by atoms with E-state index in [0.29, 0.717) is 16.9 Å². The fourth-order valence-corrected chi connectivity index (χ4v) is 2.74. The lowest BCUT2D eigenvalue weighted by molar-refractivity contribution is 0.0992. The monoisotopic (exact) mass is 363 g/mol. The highest BCUT2D eigenvalue weighted by molar-refractivity contribution is 5.97. The summed E-state index contributed by atoms with van der Waals surface area (Å²) in [6.45, 7) is -0.953. The van der Waals surface area contributed by atoms with E-state index in [4.69, 9.17) is 9.60 Å². The van der Waals surface area contributed by atoms with Gasteiger partial charge < -0.3 is 4.57 Å². The van der Waals surface area contributed by atoms with E-state index in [1.165, 1.54) is 0 Å². The van der Waals surface area contributed by atoms with Crippen molar-refractivity contribution in [3.63, 3.8) is 0 Å². The molecule has 0 radical (unpaired) electrons. The number of aromatic nitrogens is 4. The van der Waals surface area contributed by atoms with Gasteiger partial charge in [-0.3, -0.25) is 9.78 Å². The number of hydrogen-bond donors (Lipinski definition) is 0.